The summed E-state index contributed by atoms with van der Waals surface area (Å²) in [5.74, 6) is -4.17. The predicted octanol–water partition coefficient (Wildman–Crippen LogP) is 6.76. The third-order valence-electron chi connectivity index (χ3n) is 9.82. The first kappa shape index (κ1) is 28.8. The van der Waals surface area contributed by atoms with Gasteiger partial charge in [0.2, 0.25) is 0 Å². The van der Waals surface area contributed by atoms with Gasteiger partial charge in [0.05, 0.1) is 26.2 Å². The molecule has 0 saturated carbocycles. The van der Waals surface area contributed by atoms with Crippen LogP contribution in [0.3, 0.4) is 0 Å². The van der Waals surface area contributed by atoms with Crippen LogP contribution in [0.5, 0.6) is 11.8 Å². The number of nitrogens with two attached hydrogens (primary N) is 1. The van der Waals surface area contributed by atoms with Crippen LogP contribution in [0.15, 0.2) is 12.1 Å². The minimum Gasteiger partial charge on any atom is -0.489 e. The first-order valence-electron chi connectivity index (χ1n) is 14.8. The number of hydrogen-bond donors (Lipinski definition) is 1. The molecule has 1 unspecified atom stereocenters. The molecule has 2 aromatic heterocycles. The maximum Gasteiger partial charge on any atom is 0.319 e. The van der Waals surface area contributed by atoms with Crippen molar-refractivity contribution >= 4 is 54.7 Å². The number of nitrogens with zero attached hydrogens (tertiary/aromatic N) is 5. The highest BCUT2D eigenvalue weighted by Gasteiger charge is 2.52. The van der Waals surface area contributed by atoms with Crippen LogP contribution in [-0.2, 0) is 0 Å². The Morgan fingerprint density at radius 1 is 1.22 bits per heavy atom. The number of thiophene rings is 1. The van der Waals surface area contributed by atoms with Gasteiger partial charge in [0.25, 0.3) is 5.92 Å². The Morgan fingerprint density at radius 3 is 2.84 bits per heavy atom. The molecule has 2 aromatic carbocycles. The van der Waals surface area contributed by atoms with Crippen molar-refractivity contribution in [1.82, 2.24) is 14.9 Å². The van der Waals surface area contributed by atoms with E-state index in [1.54, 1.807) is 0 Å². The van der Waals surface area contributed by atoms with Crippen LogP contribution in [0.1, 0.15) is 38.2 Å². The van der Waals surface area contributed by atoms with E-state index in [1.165, 1.54) is 11.0 Å². The molecule has 14 heteroatoms. The molecular formula is C31H27ClF4N6O2S. The lowest BCUT2D eigenvalue weighted by Gasteiger charge is -2.31. The molecule has 8 rings (SSSR count). The van der Waals surface area contributed by atoms with Crippen molar-refractivity contribution in [2.24, 2.45) is 5.92 Å². The maximum atomic E-state index is 17.0. The molecule has 234 valence electrons. The fourth-order valence-electron chi connectivity index (χ4n) is 7.86. The van der Waals surface area contributed by atoms with Crippen LogP contribution < -0.4 is 20.1 Å². The second-order valence-electron chi connectivity index (χ2n) is 12.5. The Hall–Kier alpha value is -3.60. The monoisotopic (exact) mass is 658 g/mol. The van der Waals surface area contributed by atoms with Gasteiger partial charge < -0.3 is 20.1 Å². The molecule has 4 aromatic rings. The lowest BCUT2D eigenvalue weighted by molar-refractivity contribution is -0.0183. The second-order valence-corrected chi connectivity index (χ2v) is 14.0. The Morgan fingerprint density at radius 2 is 2.04 bits per heavy atom. The van der Waals surface area contributed by atoms with E-state index in [0.717, 1.165) is 49.8 Å². The Balaban J connectivity index is 1.35. The number of hydrogen-bond acceptors (Lipinski definition) is 9. The normalized spacial score (nSPS) is 25.3. The van der Waals surface area contributed by atoms with Crippen molar-refractivity contribution in [2.45, 2.75) is 50.1 Å². The Bertz CT molecular complexity index is 1970. The fraction of sp³-hybridized carbons (Fsp3) is 0.452. The maximum absolute atomic E-state index is 17.0. The molecule has 2 N–H and O–H groups in total. The van der Waals surface area contributed by atoms with Gasteiger partial charge in [0.1, 0.15) is 47.5 Å². The highest BCUT2D eigenvalue weighted by molar-refractivity contribution is 7.23. The Labute approximate surface area is 264 Å². The highest BCUT2D eigenvalue weighted by Crippen LogP contribution is 2.53. The topological polar surface area (TPSA) is 101 Å². The average molecular weight is 659 g/mol. The average Bonchev–Trinajstić information content (AvgIpc) is 3.68. The lowest BCUT2D eigenvalue weighted by atomic mass is 9.92. The van der Waals surface area contributed by atoms with Crippen molar-refractivity contribution in [2.75, 3.05) is 43.5 Å². The van der Waals surface area contributed by atoms with E-state index in [9.17, 15) is 9.65 Å². The number of fused-ring (bicyclic) bond motifs is 4. The fourth-order valence-corrected chi connectivity index (χ4v) is 9.14. The third-order valence-corrected chi connectivity index (χ3v) is 11.2. The summed E-state index contributed by atoms with van der Waals surface area (Å²) >= 11 is 7.73. The summed E-state index contributed by atoms with van der Waals surface area (Å²) < 4.78 is 74.4. The minimum atomic E-state index is -3.10. The molecule has 0 radical (unpaired) electrons. The van der Waals surface area contributed by atoms with Gasteiger partial charge in [-0.25, -0.2) is 17.6 Å². The zero-order valence-electron chi connectivity index (χ0n) is 24.1. The molecule has 0 bridgehead atoms. The third kappa shape index (κ3) is 4.11. The number of anilines is 2. The summed E-state index contributed by atoms with van der Waals surface area (Å²) in [5.41, 5.74) is 5.47. The summed E-state index contributed by atoms with van der Waals surface area (Å²) in [6.07, 6.45) is 2.49. The largest absolute Gasteiger partial charge is 0.489 e. The zero-order valence-corrected chi connectivity index (χ0v) is 25.7. The van der Waals surface area contributed by atoms with Gasteiger partial charge in [-0.3, -0.25) is 4.90 Å². The van der Waals surface area contributed by atoms with Gasteiger partial charge in [0, 0.05) is 30.5 Å². The number of alkyl halides is 2. The second kappa shape index (κ2) is 9.95. The number of ether oxygens (including phenoxy) is 2. The van der Waals surface area contributed by atoms with E-state index in [1.807, 2.05) is 6.07 Å². The molecule has 3 saturated heterocycles. The van der Waals surface area contributed by atoms with Crippen molar-refractivity contribution < 1.29 is 27.0 Å². The van der Waals surface area contributed by atoms with Crippen LogP contribution in [0, 0.1) is 28.9 Å². The van der Waals surface area contributed by atoms with Crippen molar-refractivity contribution in [3.8, 4) is 29.0 Å². The Kier molecular flexibility index (Phi) is 6.38. The van der Waals surface area contributed by atoms with E-state index >= 15 is 13.2 Å². The van der Waals surface area contributed by atoms with Crippen LogP contribution in [-0.4, -0.2) is 65.2 Å². The first-order valence-corrected chi connectivity index (χ1v) is 16.0. The van der Waals surface area contributed by atoms with Crippen LogP contribution in [0.4, 0.5) is 28.4 Å². The van der Waals surface area contributed by atoms with Crippen LogP contribution in [0.2, 0.25) is 5.02 Å². The molecule has 4 aliphatic heterocycles. The molecule has 45 heavy (non-hydrogen) atoms. The van der Waals surface area contributed by atoms with Crippen LogP contribution in [0.25, 0.3) is 32.1 Å². The van der Waals surface area contributed by atoms with E-state index in [2.05, 4.69) is 21.8 Å². The first-order chi connectivity index (χ1) is 21.5. The van der Waals surface area contributed by atoms with E-state index < -0.39 is 36.6 Å². The van der Waals surface area contributed by atoms with Crippen molar-refractivity contribution in [3.05, 3.63) is 34.4 Å². The molecule has 0 aliphatic carbocycles. The van der Waals surface area contributed by atoms with E-state index in [-0.39, 0.29) is 84.0 Å². The number of benzene rings is 2. The van der Waals surface area contributed by atoms with Gasteiger partial charge in [-0.2, -0.15) is 15.2 Å². The minimum absolute atomic E-state index is 0.0225. The standard InChI is InChI=1S/C31H27ClF4N6O2S/c1-14-9-30(5-2-7-41(30)11-14)13-44-29-39-24-21-25(43-12-18-31(35,36)6-8-42(18)28(21)40-29)22(32)20(23(24)34)15-3-4-17(33)26-19(15)16(10-37)27(38)45-26/h3-4,14,18H,2,5-9,11-13,38H2,1H3/t14-,18?,30+/m1/s1. The molecule has 8 nitrogen and oxygen atoms in total. The highest BCUT2D eigenvalue weighted by atomic mass is 35.5. The summed E-state index contributed by atoms with van der Waals surface area (Å²) in [7, 11) is 0. The smallest absolute Gasteiger partial charge is 0.319 e. The van der Waals surface area contributed by atoms with Gasteiger partial charge in [-0.05, 0) is 43.4 Å². The summed E-state index contributed by atoms with van der Waals surface area (Å²) in [4.78, 5) is 12.9. The molecule has 0 spiro atoms. The number of aromatic nitrogens is 2. The number of nitriles is 1. The van der Waals surface area contributed by atoms with Gasteiger partial charge in [-0.1, -0.05) is 24.6 Å². The molecule has 3 atom stereocenters. The molecule has 0 amide bonds. The number of nitrogen functional groups attached to an aromatic ring is 1. The van der Waals surface area contributed by atoms with Crippen molar-refractivity contribution in [1.29, 1.82) is 5.26 Å². The zero-order chi connectivity index (χ0) is 31.4. The number of rotatable bonds is 4. The van der Waals surface area contributed by atoms with Crippen molar-refractivity contribution in [3.63, 3.8) is 0 Å². The molecule has 3 fully saturated rings. The molecule has 4 aliphatic rings. The van der Waals surface area contributed by atoms with Crippen LogP contribution >= 0.6 is 22.9 Å². The van der Waals surface area contributed by atoms with Gasteiger partial charge in [-0.15, -0.1) is 11.3 Å². The quantitative estimate of drug-likeness (QED) is 0.240. The molecular weight excluding hydrogens is 632 g/mol. The number of halogens is 5. The lowest BCUT2D eigenvalue weighted by Crippen LogP contribution is -2.44. The summed E-state index contributed by atoms with van der Waals surface area (Å²) in [6, 6.07) is 2.91. The van der Waals surface area contributed by atoms with E-state index in [0.29, 0.717) is 5.92 Å². The van der Waals surface area contributed by atoms with E-state index in [4.69, 9.17) is 26.8 Å². The van der Waals surface area contributed by atoms with Gasteiger partial charge >= 0.3 is 6.01 Å². The van der Waals surface area contributed by atoms with Gasteiger partial charge in [0.15, 0.2) is 11.6 Å². The summed E-state index contributed by atoms with van der Waals surface area (Å²) in [6.45, 7) is 3.90. The predicted molar refractivity (Wildman–Crippen MR) is 163 cm³/mol. The molecule has 6 heterocycles. The summed E-state index contributed by atoms with van der Waals surface area (Å²) in [5, 5.41) is 9.83. The SMILES string of the molecule is C[C@H]1CN2CCC[C@@]2(COc2nc3c4c(c(Cl)c(-c5ccc(F)c6sc(N)c(C#N)c56)c(F)c4n2)OCC2N3CCC2(F)F)C1.